The summed E-state index contributed by atoms with van der Waals surface area (Å²) in [5.74, 6) is -0.581. The van der Waals surface area contributed by atoms with Gasteiger partial charge in [-0.05, 0) is 24.3 Å². The first kappa shape index (κ1) is 16.3. The van der Waals surface area contributed by atoms with E-state index in [0.29, 0.717) is 22.1 Å². The molecular weight excluding hydrogens is 332 g/mol. The van der Waals surface area contributed by atoms with Gasteiger partial charge in [0.15, 0.2) is 16.8 Å². The maximum absolute atomic E-state index is 13.9. The minimum Gasteiger partial charge on any atom is -0.305 e. The van der Waals surface area contributed by atoms with E-state index in [-0.39, 0.29) is 17.4 Å². The van der Waals surface area contributed by atoms with E-state index in [9.17, 15) is 13.6 Å². The van der Waals surface area contributed by atoms with E-state index in [0.717, 1.165) is 0 Å². The van der Waals surface area contributed by atoms with Gasteiger partial charge in [0, 0.05) is 12.6 Å². The minimum absolute atomic E-state index is 0.0900. The predicted molar refractivity (Wildman–Crippen MR) is 87.9 cm³/mol. The molecule has 2 aromatic carbocycles. The molecule has 0 saturated heterocycles. The first-order valence-electron chi connectivity index (χ1n) is 7.12. The number of carbonyl (C=O) groups is 1. The molecule has 0 bridgehead atoms. The molecule has 0 radical (unpaired) electrons. The van der Waals surface area contributed by atoms with Crippen LogP contribution in [0.1, 0.15) is 10.4 Å². The Hall–Kier alpha value is -2.54. The van der Waals surface area contributed by atoms with Crippen molar-refractivity contribution in [3.05, 3.63) is 65.7 Å². The number of ketones is 1. The molecule has 0 fully saturated rings. The van der Waals surface area contributed by atoms with Crippen LogP contribution in [-0.2, 0) is 7.05 Å². The summed E-state index contributed by atoms with van der Waals surface area (Å²) in [6, 6.07) is 11.8. The number of benzene rings is 2. The number of hydrogen-bond acceptors (Lipinski definition) is 4. The average Bonchev–Trinajstić information content (AvgIpc) is 2.94. The number of rotatable bonds is 5. The molecule has 0 unspecified atom stereocenters. The van der Waals surface area contributed by atoms with Crippen LogP contribution >= 0.6 is 11.8 Å². The zero-order chi connectivity index (χ0) is 17.1. The monoisotopic (exact) mass is 345 g/mol. The van der Waals surface area contributed by atoms with Gasteiger partial charge >= 0.3 is 0 Å². The number of hydrogen-bond donors (Lipinski definition) is 0. The van der Waals surface area contributed by atoms with Crippen molar-refractivity contribution in [1.29, 1.82) is 0 Å². The van der Waals surface area contributed by atoms with Crippen molar-refractivity contribution in [2.24, 2.45) is 7.05 Å². The second-order valence-corrected chi connectivity index (χ2v) is 6.01. The summed E-state index contributed by atoms with van der Waals surface area (Å²) in [5.41, 5.74) is 0.648. The van der Waals surface area contributed by atoms with Crippen LogP contribution in [0.5, 0.6) is 0 Å². The highest BCUT2D eigenvalue weighted by Crippen LogP contribution is 2.25. The lowest BCUT2D eigenvalue weighted by atomic mass is 10.1. The molecule has 0 N–H and O–H groups in total. The van der Waals surface area contributed by atoms with E-state index in [2.05, 4.69) is 10.2 Å². The Morgan fingerprint density at radius 1 is 1.12 bits per heavy atom. The van der Waals surface area contributed by atoms with Crippen LogP contribution < -0.4 is 0 Å². The summed E-state index contributed by atoms with van der Waals surface area (Å²) < 4.78 is 28.6. The number of thioether (sulfide) groups is 1. The first-order valence-corrected chi connectivity index (χ1v) is 8.10. The van der Waals surface area contributed by atoms with Crippen LogP contribution in [0.25, 0.3) is 11.4 Å². The molecule has 7 heteroatoms. The number of carbonyl (C=O) groups excluding carboxylic acids is 1. The Bertz CT molecular complexity index is 895. The van der Waals surface area contributed by atoms with Crippen molar-refractivity contribution in [1.82, 2.24) is 14.8 Å². The summed E-state index contributed by atoms with van der Waals surface area (Å²) >= 11 is 1.17. The van der Waals surface area contributed by atoms with E-state index in [1.807, 2.05) is 0 Å². The fourth-order valence-electron chi connectivity index (χ4n) is 2.19. The molecule has 0 amide bonds. The molecule has 0 saturated carbocycles. The highest BCUT2D eigenvalue weighted by Gasteiger charge is 2.16. The Kier molecular flexibility index (Phi) is 4.71. The zero-order valence-electron chi connectivity index (χ0n) is 12.7. The van der Waals surface area contributed by atoms with E-state index in [1.54, 1.807) is 35.9 Å². The van der Waals surface area contributed by atoms with Gasteiger partial charge in [-0.15, -0.1) is 10.2 Å². The van der Waals surface area contributed by atoms with Crippen LogP contribution in [0, 0.1) is 11.6 Å². The molecule has 3 rings (SSSR count). The Morgan fingerprint density at radius 2 is 1.92 bits per heavy atom. The fourth-order valence-corrected chi connectivity index (χ4v) is 3.00. The van der Waals surface area contributed by atoms with Gasteiger partial charge in [0.1, 0.15) is 11.6 Å². The first-order chi connectivity index (χ1) is 11.6. The second-order valence-electron chi connectivity index (χ2n) is 5.07. The van der Waals surface area contributed by atoms with Gasteiger partial charge in [-0.3, -0.25) is 4.79 Å². The predicted octanol–water partition coefficient (Wildman–Crippen LogP) is 3.74. The lowest BCUT2D eigenvalue weighted by Crippen LogP contribution is -2.04. The van der Waals surface area contributed by atoms with Crippen molar-refractivity contribution >= 4 is 17.5 Å². The summed E-state index contributed by atoms with van der Waals surface area (Å²) in [4.78, 5) is 12.1. The largest absolute Gasteiger partial charge is 0.305 e. The molecule has 3 aromatic rings. The molecule has 0 spiro atoms. The highest BCUT2D eigenvalue weighted by molar-refractivity contribution is 7.99. The standard InChI is InChI=1S/C17H13F2N3OS/c1-22-16(13-7-2-3-8-14(13)19)20-21-17(22)24-10-15(23)11-5-4-6-12(18)9-11/h2-9H,10H2,1H3. The van der Waals surface area contributed by atoms with Gasteiger partial charge in [0.2, 0.25) is 0 Å². The van der Waals surface area contributed by atoms with Crippen LogP contribution in [0.2, 0.25) is 0 Å². The summed E-state index contributed by atoms with van der Waals surface area (Å²) in [6.45, 7) is 0. The van der Waals surface area contributed by atoms with Crippen molar-refractivity contribution in [3.63, 3.8) is 0 Å². The van der Waals surface area contributed by atoms with Gasteiger partial charge in [-0.1, -0.05) is 36.0 Å². The smallest absolute Gasteiger partial charge is 0.191 e. The lowest BCUT2D eigenvalue weighted by Gasteiger charge is -2.04. The van der Waals surface area contributed by atoms with E-state index < -0.39 is 5.82 Å². The molecule has 1 aromatic heterocycles. The van der Waals surface area contributed by atoms with E-state index in [1.165, 1.54) is 36.0 Å². The van der Waals surface area contributed by atoms with Gasteiger partial charge in [-0.25, -0.2) is 8.78 Å². The Balaban J connectivity index is 1.75. The number of Topliss-reactive ketones (excluding diaryl/α,β-unsaturated/α-hetero) is 1. The SMILES string of the molecule is Cn1c(SCC(=O)c2cccc(F)c2)nnc1-c1ccccc1F. The zero-order valence-corrected chi connectivity index (χ0v) is 13.6. The molecule has 4 nitrogen and oxygen atoms in total. The van der Waals surface area contributed by atoms with Gasteiger partial charge < -0.3 is 4.57 Å². The van der Waals surface area contributed by atoms with E-state index >= 15 is 0 Å². The third kappa shape index (κ3) is 3.35. The molecule has 0 aliphatic heterocycles. The van der Waals surface area contributed by atoms with Crippen LogP contribution in [-0.4, -0.2) is 26.3 Å². The topological polar surface area (TPSA) is 47.8 Å². The minimum atomic E-state index is -0.452. The normalized spacial score (nSPS) is 10.8. The third-order valence-corrected chi connectivity index (χ3v) is 4.45. The van der Waals surface area contributed by atoms with Gasteiger partial charge in [0.25, 0.3) is 0 Å². The number of nitrogens with zero attached hydrogens (tertiary/aromatic N) is 3. The Morgan fingerprint density at radius 3 is 2.67 bits per heavy atom. The molecule has 1 heterocycles. The number of aromatic nitrogens is 3. The van der Waals surface area contributed by atoms with Crippen molar-refractivity contribution < 1.29 is 13.6 Å². The van der Waals surface area contributed by atoms with E-state index in [4.69, 9.17) is 0 Å². The fraction of sp³-hybridized carbons (Fsp3) is 0.118. The van der Waals surface area contributed by atoms with Crippen molar-refractivity contribution in [2.75, 3.05) is 5.75 Å². The molecule has 0 aliphatic carbocycles. The maximum atomic E-state index is 13.9. The molecule has 24 heavy (non-hydrogen) atoms. The van der Waals surface area contributed by atoms with Gasteiger partial charge in [-0.2, -0.15) is 0 Å². The van der Waals surface area contributed by atoms with Gasteiger partial charge in [0.05, 0.1) is 11.3 Å². The average molecular weight is 345 g/mol. The molecule has 0 atom stereocenters. The van der Waals surface area contributed by atoms with Crippen molar-refractivity contribution in [2.45, 2.75) is 5.16 Å². The Labute approximate surface area is 141 Å². The van der Waals surface area contributed by atoms with Crippen LogP contribution in [0.15, 0.2) is 53.7 Å². The molecule has 122 valence electrons. The third-order valence-electron chi connectivity index (χ3n) is 3.43. The van der Waals surface area contributed by atoms with Crippen LogP contribution in [0.3, 0.4) is 0 Å². The molecule has 0 aliphatic rings. The summed E-state index contributed by atoms with van der Waals surface area (Å²) in [6.07, 6.45) is 0. The van der Waals surface area contributed by atoms with Crippen molar-refractivity contribution in [3.8, 4) is 11.4 Å². The lowest BCUT2D eigenvalue weighted by molar-refractivity contribution is 0.102. The molecular formula is C17H13F2N3OS. The second kappa shape index (κ2) is 6.92. The van der Waals surface area contributed by atoms with Crippen LogP contribution in [0.4, 0.5) is 8.78 Å². The maximum Gasteiger partial charge on any atom is 0.191 e. The quantitative estimate of drug-likeness (QED) is 0.522. The highest BCUT2D eigenvalue weighted by atomic mass is 32.2. The number of halogens is 2. The summed E-state index contributed by atoms with van der Waals surface area (Å²) in [7, 11) is 1.71. The summed E-state index contributed by atoms with van der Waals surface area (Å²) in [5, 5.41) is 8.48.